The second-order valence-corrected chi connectivity index (χ2v) is 5.74. The lowest BCUT2D eigenvalue weighted by atomic mass is 10.2. The van der Waals surface area contributed by atoms with Crippen molar-refractivity contribution in [1.29, 1.82) is 5.26 Å². The molecule has 7 heteroatoms. The van der Waals surface area contributed by atoms with E-state index < -0.39 is 11.7 Å². The van der Waals surface area contributed by atoms with Crippen molar-refractivity contribution in [3.05, 3.63) is 82.9 Å². The average molecular weight is 367 g/mol. The van der Waals surface area contributed by atoms with Gasteiger partial charge in [-0.05, 0) is 54.6 Å². The minimum Gasteiger partial charge on any atom is -0.354 e. The molecule has 128 valence electrons. The van der Waals surface area contributed by atoms with Gasteiger partial charge in [0.15, 0.2) is 0 Å². The Hall–Kier alpha value is -3.43. The van der Waals surface area contributed by atoms with E-state index in [1.807, 2.05) is 0 Å². The Morgan fingerprint density at radius 3 is 2.35 bits per heavy atom. The predicted molar refractivity (Wildman–Crippen MR) is 98.0 cm³/mol. The van der Waals surface area contributed by atoms with Gasteiger partial charge in [0.2, 0.25) is 0 Å². The van der Waals surface area contributed by atoms with Crippen LogP contribution in [-0.4, -0.2) is 10.9 Å². The lowest BCUT2D eigenvalue weighted by Gasteiger charge is -2.08. The summed E-state index contributed by atoms with van der Waals surface area (Å²) in [6, 6.07) is 16.2. The first-order chi connectivity index (χ1) is 12.5. The Morgan fingerprint density at radius 2 is 1.73 bits per heavy atom. The molecule has 2 aromatic carbocycles. The molecule has 0 bridgehead atoms. The van der Waals surface area contributed by atoms with Gasteiger partial charge in [-0.1, -0.05) is 11.6 Å². The molecule has 0 spiro atoms. The van der Waals surface area contributed by atoms with E-state index in [4.69, 9.17) is 16.9 Å². The van der Waals surface area contributed by atoms with Crippen molar-refractivity contribution in [3.8, 4) is 6.07 Å². The highest BCUT2D eigenvalue weighted by Crippen LogP contribution is 2.20. The maximum atomic E-state index is 13.1. The zero-order chi connectivity index (χ0) is 18.5. The van der Waals surface area contributed by atoms with Gasteiger partial charge in [-0.3, -0.25) is 4.79 Å². The van der Waals surface area contributed by atoms with Gasteiger partial charge >= 0.3 is 0 Å². The van der Waals surface area contributed by atoms with Gasteiger partial charge < -0.3 is 10.6 Å². The third-order valence-electron chi connectivity index (χ3n) is 3.48. The number of amides is 1. The van der Waals surface area contributed by atoms with Crippen molar-refractivity contribution in [2.45, 2.75) is 0 Å². The lowest BCUT2D eigenvalue weighted by molar-refractivity contribution is 0.102. The summed E-state index contributed by atoms with van der Waals surface area (Å²) in [7, 11) is 0. The number of hydrogen-bond acceptors (Lipinski definition) is 4. The molecule has 3 aromatic rings. The molecule has 26 heavy (non-hydrogen) atoms. The Labute approximate surface area is 154 Å². The normalized spacial score (nSPS) is 10.0. The first-order valence-corrected chi connectivity index (χ1v) is 7.92. The molecule has 0 fully saturated rings. The minimum absolute atomic E-state index is 0.0716. The molecule has 0 radical (unpaired) electrons. The zero-order valence-corrected chi connectivity index (χ0v) is 14.1. The van der Waals surface area contributed by atoms with Crippen molar-refractivity contribution in [2.75, 3.05) is 10.6 Å². The van der Waals surface area contributed by atoms with Crippen LogP contribution in [0.4, 0.5) is 21.5 Å². The number of halogens is 2. The maximum absolute atomic E-state index is 13.1. The van der Waals surface area contributed by atoms with Gasteiger partial charge in [-0.25, -0.2) is 9.37 Å². The molecule has 3 rings (SSSR count). The fraction of sp³-hybridized carbons (Fsp3) is 0. The molecule has 2 N–H and O–H groups in total. The number of nitriles is 1. The number of hydrogen-bond donors (Lipinski definition) is 2. The highest BCUT2D eigenvalue weighted by Gasteiger charge is 2.09. The third kappa shape index (κ3) is 4.15. The van der Waals surface area contributed by atoms with E-state index in [0.717, 1.165) is 5.69 Å². The number of carbonyl (C=O) groups excluding carboxylic acids is 1. The summed E-state index contributed by atoms with van der Waals surface area (Å²) in [5.41, 5.74) is 2.64. The fourth-order valence-electron chi connectivity index (χ4n) is 2.17. The van der Waals surface area contributed by atoms with Gasteiger partial charge in [-0.2, -0.15) is 5.26 Å². The number of carbonyl (C=O) groups is 1. The zero-order valence-electron chi connectivity index (χ0n) is 13.3. The fourth-order valence-corrected chi connectivity index (χ4v) is 2.35. The van der Waals surface area contributed by atoms with Crippen LogP contribution in [0.2, 0.25) is 5.02 Å². The van der Waals surface area contributed by atoms with E-state index in [1.54, 1.807) is 36.4 Å². The van der Waals surface area contributed by atoms with Gasteiger partial charge in [0, 0.05) is 11.4 Å². The predicted octanol–water partition coefficient (Wildman–Crippen LogP) is 4.74. The van der Waals surface area contributed by atoms with E-state index >= 15 is 0 Å². The highest BCUT2D eigenvalue weighted by molar-refractivity contribution is 6.31. The summed E-state index contributed by atoms with van der Waals surface area (Å²) >= 11 is 5.69. The molecule has 1 aromatic heterocycles. The third-order valence-corrected chi connectivity index (χ3v) is 3.77. The van der Waals surface area contributed by atoms with Crippen molar-refractivity contribution in [1.82, 2.24) is 4.98 Å². The molecule has 1 heterocycles. The summed E-state index contributed by atoms with van der Waals surface area (Å²) in [5, 5.41) is 14.4. The monoisotopic (exact) mass is 366 g/mol. The molecule has 0 aliphatic heterocycles. The van der Waals surface area contributed by atoms with Crippen LogP contribution in [-0.2, 0) is 0 Å². The second-order valence-electron chi connectivity index (χ2n) is 5.33. The van der Waals surface area contributed by atoms with Crippen molar-refractivity contribution in [2.24, 2.45) is 0 Å². The van der Waals surface area contributed by atoms with Crippen LogP contribution < -0.4 is 10.6 Å². The molecule has 0 unspecified atom stereocenters. The molecular formula is C19H12ClFN4O. The van der Waals surface area contributed by atoms with Gasteiger partial charge in [0.05, 0.1) is 28.5 Å². The summed E-state index contributed by atoms with van der Waals surface area (Å²) < 4.78 is 13.1. The number of nitrogens with one attached hydrogen (secondary N) is 2. The maximum Gasteiger partial charge on any atom is 0.274 e. The molecule has 0 aliphatic carbocycles. The van der Waals surface area contributed by atoms with E-state index in [1.165, 1.54) is 24.4 Å². The smallest absolute Gasteiger partial charge is 0.274 e. The number of anilines is 3. The van der Waals surface area contributed by atoms with Crippen molar-refractivity contribution >= 4 is 34.6 Å². The molecule has 5 nitrogen and oxygen atoms in total. The first-order valence-electron chi connectivity index (χ1n) is 7.55. The van der Waals surface area contributed by atoms with Crippen LogP contribution in [0.15, 0.2) is 60.8 Å². The Balaban J connectivity index is 1.67. The lowest BCUT2D eigenvalue weighted by Crippen LogP contribution is -2.13. The van der Waals surface area contributed by atoms with Gasteiger partial charge in [-0.15, -0.1) is 0 Å². The average Bonchev–Trinajstić information content (AvgIpc) is 2.66. The summed E-state index contributed by atoms with van der Waals surface area (Å²) in [6.07, 6.45) is 1.52. The summed E-state index contributed by atoms with van der Waals surface area (Å²) in [6.45, 7) is 0. The standard InChI is InChI=1S/C19H12ClFN4O/c20-16-9-14(5-7-17(16)21)25-19(26)18-8-6-15(11-23-18)24-13-3-1-12(10-22)2-4-13/h1-9,11,24H,(H,25,26). The summed E-state index contributed by atoms with van der Waals surface area (Å²) in [4.78, 5) is 16.3. The van der Waals surface area contributed by atoms with E-state index in [-0.39, 0.29) is 10.7 Å². The number of nitrogens with zero attached hydrogens (tertiary/aromatic N) is 2. The first kappa shape index (κ1) is 17.4. The second kappa shape index (κ2) is 7.64. The molecule has 0 atom stereocenters. The number of pyridine rings is 1. The van der Waals surface area contributed by atoms with E-state index in [9.17, 15) is 9.18 Å². The summed E-state index contributed by atoms with van der Waals surface area (Å²) in [5.74, 6) is -0.987. The van der Waals surface area contributed by atoms with E-state index in [2.05, 4.69) is 21.7 Å². The van der Waals surface area contributed by atoms with Gasteiger partial charge in [0.25, 0.3) is 5.91 Å². The molecule has 0 saturated carbocycles. The van der Waals surface area contributed by atoms with Crippen LogP contribution in [0.3, 0.4) is 0 Å². The minimum atomic E-state index is -0.555. The topological polar surface area (TPSA) is 77.8 Å². The van der Waals surface area contributed by atoms with Crippen molar-refractivity contribution in [3.63, 3.8) is 0 Å². The molecular weight excluding hydrogens is 355 g/mol. The van der Waals surface area contributed by atoms with E-state index in [0.29, 0.717) is 16.9 Å². The van der Waals surface area contributed by atoms with Crippen LogP contribution in [0.5, 0.6) is 0 Å². The Bertz CT molecular complexity index is 982. The molecule has 0 aliphatic rings. The van der Waals surface area contributed by atoms with Crippen LogP contribution in [0.25, 0.3) is 0 Å². The number of aromatic nitrogens is 1. The Kier molecular flexibility index (Phi) is 5.11. The number of rotatable bonds is 4. The van der Waals surface area contributed by atoms with Crippen LogP contribution >= 0.6 is 11.6 Å². The van der Waals surface area contributed by atoms with Gasteiger partial charge in [0.1, 0.15) is 11.5 Å². The molecule has 0 saturated heterocycles. The molecule has 1 amide bonds. The Morgan fingerprint density at radius 1 is 1.04 bits per heavy atom. The van der Waals surface area contributed by atoms with Crippen molar-refractivity contribution < 1.29 is 9.18 Å². The van der Waals surface area contributed by atoms with Crippen LogP contribution in [0, 0.1) is 17.1 Å². The highest BCUT2D eigenvalue weighted by atomic mass is 35.5. The SMILES string of the molecule is N#Cc1ccc(Nc2ccc(C(=O)Nc3ccc(F)c(Cl)c3)nc2)cc1. The number of benzene rings is 2. The largest absolute Gasteiger partial charge is 0.354 e. The van der Waals surface area contributed by atoms with Crippen LogP contribution in [0.1, 0.15) is 16.1 Å². The quantitative estimate of drug-likeness (QED) is 0.699.